The first-order valence-corrected chi connectivity index (χ1v) is 5.04. The summed E-state index contributed by atoms with van der Waals surface area (Å²) in [5, 5.41) is 4.47. The molecule has 5 nitrogen and oxygen atoms in total. The molecule has 0 atom stereocenters. The van der Waals surface area contributed by atoms with Crippen molar-refractivity contribution >= 4 is 5.65 Å². The van der Waals surface area contributed by atoms with E-state index in [0.717, 1.165) is 22.7 Å². The molecule has 0 aromatic carbocycles. The minimum atomic E-state index is 0.848. The Hall–Kier alpha value is -2.17. The average molecular weight is 213 g/mol. The minimum Gasteiger partial charge on any atom is -0.340 e. The molecule has 0 spiro atoms. The van der Waals surface area contributed by atoms with E-state index >= 15 is 0 Å². The molecule has 0 radical (unpaired) electrons. The van der Waals surface area contributed by atoms with Crippen LogP contribution in [0.2, 0.25) is 0 Å². The second kappa shape index (κ2) is 3.16. The number of hydrogen-bond acceptors (Lipinski definition) is 3. The maximum Gasteiger partial charge on any atom is 0.155 e. The maximum atomic E-state index is 4.47. The normalized spacial score (nSPS) is 11.1. The van der Waals surface area contributed by atoms with Crippen molar-refractivity contribution in [1.82, 2.24) is 24.1 Å². The molecule has 0 bridgehead atoms. The van der Waals surface area contributed by atoms with Crippen LogP contribution in [-0.2, 0) is 7.05 Å². The van der Waals surface area contributed by atoms with E-state index in [-0.39, 0.29) is 0 Å². The van der Waals surface area contributed by atoms with Gasteiger partial charge in [-0.15, -0.1) is 0 Å². The molecular formula is C11H11N5. The molecule has 0 amide bonds. The Morgan fingerprint density at radius 3 is 2.75 bits per heavy atom. The lowest BCUT2D eigenvalue weighted by molar-refractivity contribution is 0.896. The van der Waals surface area contributed by atoms with Gasteiger partial charge >= 0.3 is 0 Å². The van der Waals surface area contributed by atoms with Crippen molar-refractivity contribution in [2.75, 3.05) is 0 Å². The lowest BCUT2D eigenvalue weighted by atomic mass is 10.3. The van der Waals surface area contributed by atoms with E-state index in [1.165, 1.54) is 0 Å². The number of hydrogen-bond donors (Lipinski definition) is 0. The summed E-state index contributed by atoms with van der Waals surface area (Å²) in [5.41, 5.74) is 3.63. The summed E-state index contributed by atoms with van der Waals surface area (Å²) in [5.74, 6) is 0. The van der Waals surface area contributed by atoms with Gasteiger partial charge in [-0.1, -0.05) is 0 Å². The van der Waals surface area contributed by atoms with Crippen molar-refractivity contribution in [2.24, 2.45) is 7.05 Å². The third-order valence-electron chi connectivity index (χ3n) is 2.51. The summed E-state index contributed by atoms with van der Waals surface area (Å²) in [6.45, 7) is 2.00. The SMILES string of the molecule is Cc1ccnc2cc(-c3cn(C)cn3)nn12. The highest BCUT2D eigenvalue weighted by molar-refractivity contribution is 5.59. The van der Waals surface area contributed by atoms with Gasteiger partial charge in [0.1, 0.15) is 11.4 Å². The standard InChI is InChI=1S/C11H11N5/c1-8-3-4-12-11-5-9(14-16(8)11)10-6-15(2)7-13-10/h3-7H,1-2H3. The number of nitrogens with zero attached hydrogens (tertiary/aromatic N) is 5. The van der Waals surface area contributed by atoms with Crippen LogP contribution in [0.1, 0.15) is 5.69 Å². The number of aryl methyl sites for hydroxylation is 2. The van der Waals surface area contributed by atoms with Gasteiger partial charge < -0.3 is 4.57 Å². The molecule has 0 saturated heterocycles. The van der Waals surface area contributed by atoms with Gasteiger partial charge in [-0.3, -0.25) is 0 Å². The summed E-state index contributed by atoms with van der Waals surface area (Å²) in [6, 6.07) is 3.87. The molecule has 0 N–H and O–H groups in total. The highest BCUT2D eigenvalue weighted by Crippen LogP contribution is 2.16. The Morgan fingerprint density at radius 2 is 2.06 bits per heavy atom. The van der Waals surface area contributed by atoms with E-state index in [2.05, 4.69) is 15.1 Å². The van der Waals surface area contributed by atoms with Crippen LogP contribution in [-0.4, -0.2) is 24.1 Å². The van der Waals surface area contributed by atoms with E-state index in [0.29, 0.717) is 0 Å². The van der Waals surface area contributed by atoms with Crippen molar-refractivity contribution in [1.29, 1.82) is 0 Å². The third-order valence-corrected chi connectivity index (χ3v) is 2.51. The summed E-state index contributed by atoms with van der Waals surface area (Å²) in [6.07, 6.45) is 5.49. The Labute approximate surface area is 92.4 Å². The second-order valence-electron chi connectivity index (χ2n) is 3.81. The van der Waals surface area contributed by atoms with Crippen LogP contribution in [0.25, 0.3) is 17.0 Å². The minimum absolute atomic E-state index is 0.848. The van der Waals surface area contributed by atoms with Gasteiger partial charge in [0.2, 0.25) is 0 Å². The molecule has 3 aromatic heterocycles. The molecule has 80 valence electrons. The van der Waals surface area contributed by atoms with Gasteiger partial charge in [-0.25, -0.2) is 14.5 Å². The topological polar surface area (TPSA) is 48.0 Å². The van der Waals surface area contributed by atoms with Gasteiger partial charge in [-0.05, 0) is 13.0 Å². The van der Waals surface area contributed by atoms with Crippen molar-refractivity contribution in [3.8, 4) is 11.4 Å². The lowest BCUT2D eigenvalue weighted by Gasteiger charge is -1.94. The van der Waals surface area contributed by atoms with E-state index in [9.17, 15) is 0 Å². The highest BCUT2D eigenvalue weighted by atomic mass is 15.3. The fraction of sp³-hybridized carbons (Fsp3) is 0.182. The van der Waals surface area contributed by atoms with Gasteiger partial charge in [0, 0.05) is 31.2 Å². The fourth-order valence-electron chi connectivity index (χ4n) is 1.69. The first-order chi connectivity index (χ1) is 7.74. The van der Waals surface area contributed by atoms with Crippen LogP contribution >= 0.6 is 0 Å². The van der Waals surface area contributed by atoms with Gasteiger partial charge in [0.05, 0.1) is 6.33 Å². The largest absolute Gasteiger partial charge is 0.340 e. The molecule has 3 heterocycles. The summed E-state index contributed by atoms with van der Waals surface area (Å²) < 4.78 is 3.73. The first-order valence-electron chi connectivity index (χ1n) is 5.04. The molecule has 0 aliphatic rings. The van der Waals surface area contributed by atoms with Gasteiger partial charge in [0.15, 0.2) is 5.65 Å². The lowest BCUT2D eigenvalue weighted by Crippen LogP contribution is -1.94. The number of aromatic nitrogens is 5. The second-order valence-corrected chi connectivity index (χ2v) is 3.81. The summed E-state index contributed by atoms with van der Waals surface area (Å²) >= 11 is 0. The molecule has 0 aliphatic carbocycles. The molecule has 0 unspecified atom stereocenters. The summed E-state index contributed by atoms with van der Waals surface area (Å²) in [7, 11) is 1.94. The van der Waals surface area contributed by atoms with E-state index in [1.54, 1.807) is 12.5 Å². The number of imidazole rings is 1. The molecule has 3 aromatic rings. The van der Waals surface area contributed by atoms with Crippen LogP contribution in [0.15, 0.2) is 30.9 Å². The van der Waals surface area contributed by atoms with Gasteiger partial charge in [-0.2, -0.15) is 5.10 Å². The Morgan fingerprint density at radius 1 is 1.19 bits per heavy atom. The van der Waals surface area contributed by atoms with Crippen molar-refractivity contribution in [2.45, 2.75) is 6.92 Å². The molecule has 5 heteroatoms. The zero-order valence-corrected chi connectivity index (χ0v) is 9.12. The molecular weight excluding hydrogens is 202 g/mol. The smallest absolute Gasteiger partial charge is 0.155 e. The fourth-order valence-corrected chi connectivity index (χ4v) is 1.69. The van der Waals surface area contributed by atoms with Crippen molar-refractivity contribution in [3.63, 3.8) is 0 Å². The highest BCUT2D eigenvalue weighted by Gasteiger charge is 2.08. The first kappa shape index (κ1) is 9.08. The van der Waals surface area contributed by atoms with Crippen LogP contribution in [0.4, 0.5) is 0 Å². The van der Waals surface area contributed by atoms with Crippen LogP contribution < -0.4 is 0 Å². The zero-order valence-electron chi connectivity index (χ0n) is 9.12. The van der Waals surface area contributed by atoms with Crippen molar-refractivity contribution < 1.29 is 0 Å². The quantitative estimate of drug-likeness (QED) is 0.614. The third kappa shape index (κ3) is 1.29. The van der Waals surface area contributed by atoms with Crippen molar-refractivity contribution in [3.05, 3.63) is 36.5 Å². The Kier molecular flexibility index (Phi) is 1.80. The van der Waals surface area contributed by atoms with Crippen LogP contribution in [0.5, 0.6) is 0 Å². The van der Waals surface area contributed by atoms with Crippen LogP contribution in [0.3, 0.4) is 0 Å². The molecule has 0 aliphatic heterocycles. The zero-order chi connectivity index (χ0) is 11.1. The van der Waals surface area contributed by atoms with E-state index < -0.39 is 0 Å². The number of fused-ring (bicyclic) bond motifs is 1. The maximum absolute atomic E-state index is 4.47. The molecule has 0 saturated carbocycles. The van der Waals surface area contributed by atoms with E-state index in [1.807, 2.05) is 41.4 Å². The predicted octanol–water partition coefficient (Wildman–Crippen LogP) is 1.44. The predicted molar refractivity (Wildman–Crippen MR) is 59.9 cm³/mol. The Bertz CT molecular complexity index is 649. The van der Waals surface area contributed by atoms with Crippen LogP contribution in [0, 0.1) is 6.92 Å². The van der Waals surface area contributed by atoms with Gasteiger partial charge in [0.25, 0.3) is 0 Å². The summed E-state index contributed by atoms with van der Waals surface area (Å²) in [4.78, 5) is 8.53. The average Bonchev–Trinajstić information content (AvgIpc) is 2.84. The number of rotatable bonds is 1. The molecule has 3 rings (SSSR count). The monoisotopic (exact) mass is 213 g/mol. The Balaban J connectivity index is 2.22. The van der Waals surface area contributed by atoms with E-state index in [4.69, 9.17) is 0 Å². The molecule has 0 fully saturated rings. The molecule has 16 heavy (non-hydrogen) atoms.